The first-order valence-corrected chi connectivity index (χ1v) is 8.30. The fraction of sp³-hybridized carbons (Fsp3) is 0. The summed E-state index contributed by atoms with van der Waals surface area (Å²) in [6.07, 6.45) is 4.31. The van der Waals surface area contributed by atoms with E-state index in [1.165, 1.54) is 13.6 Å². The molecule has 1 aliphatic heterocycles. The van der Waals surface area contributed by atoms with Crippen molar-refractivity contribution in [1.29, 1.82) is 0 Å². The van der Waals surface area contributed by atoms with Gasteiger partial charge in [-0.25, -0.2) is 0 Å². The molecule has 90 valence electrons. The van der Waals surface area contributed by atoms with Crippen molar-refractivity contribution in [3.8, 4) is 0 Å². The van der Waals surface area contributed by atoms with E-state index in [1.54, 1.807) is 0 Å². The average Bonchev–Trinajstić information content (AvgIpc) is 2.84. The summed E-state index contributed by atoms with van der Waals surface area (Å²) in [6.45, 7) is 0. The van der Waals surface area contributed by atoms with Gasteiger partial charge < -0.3 is 0 Å². The molecular formula is C16H13BrS. The van der Waals surface area contributed by atoms with Crippen LogP contribution >= 0.6 is 26.0 Å². The van der Waals surface area contributed by atoms with Crippen molar-refractivity contribution in [2.45, 2.75) is 9.79 Å². The van der Waals surface area contributed by atoms with Gasteiger partial charge in [-0.2, -0.15) is 0 Å². The number of benzene rings is 2. The molecule has 0 radical (unpaired) electrons. The van der Waals surface area contributed by atoms with Crippen LogP contribution < -0.4 is 0 Å². The Kier molecular flexibility index (Phi) is 3.14. The van der Waals surface area contributed by atoms with Crippen LogP contribution in [0.25, 0.3) is 0 Å². The van der Waals surface area contributed by atoms with Gasteiger partial charge in [-0.1, -0.05) is 42.5 Å². The Morgan fingerprint density at radius 3 is 1.61 bits per heavy atom. The number of rotatable bonds is 2. The van der Waals surface area contributed by atoms with Gasteiger partial charge in [0.25, 0.3) is 0 Å². The van der Waals surface area contributed by atoms with Gasteiger partial charge in [-0.05, 0) is 51.7 Å². The van der Waals surface area contributed by atoms with E-state index >= 15 is 0 Å². The molecule has 0 atom stereocenters. The summed E-state index contributed by atoms with van der Waals surface area (Å²) in [6, 6.07) is 21.4. The van der Waals surface area contributed by atoms with Gasteiger partial charge in [0.2, 0.25) is 0 Å². The van der Waals surface area contributed by atoms with Crippen LogP contribution in [0.4, 0.5) is 0 Å². The van der Waals surface area contributed by atoms with Crippen LogP contribution in [0.1, 0.15) is 0 Å². The second-order valence-electron chi connectivity index (χ2n) is 4.09. The summed E-state index contributed by atoms with van der Waals surface area (Å²) >= 11 is 3.77. The lowest BCUT2D eigenvalue weighted by molar-refractivity contribution is 1.38. The summed E-state index contributed by atoms with van der Waals surface area (Å²) in [5, 5.41) is 2.34. The van der Waals surface area contributed by atoms with Crippen LogP contribution in [0.2, 0.25) is 0 Å². The van der Waals surface area contributed by atoms with Crippen molar-refractivity contribution in [1.82, 2.24) is 0 Å². The molecule has 0 amide bonds. The van der Waals surface area contributed by atoms with Crippen molar-refractivity contribution >= 4 is 26.0 Å². The maximum Gasteiger partial charge on any atom is 0.0449 e. The molecule has 3 rings (SSSR count). The van der Waals surface area contributed by atoms with E-state index in [4.69, 9.17) is 0 Å². The van der Waals surface area contributed by atoms with Gasteiger partial charge in [-0.3, -0.25) is 0 Å². The first-order chi connectivity index (χ1) is 8.84. The first kappa shape index (κ1) is 11.8. The van der Waals surface area contributed by atoms with E-state index in [2.05, 4.69) is 94.2 Å². The lowest BCUT2D eigenvalue weighted by atomic mass is 10.4. The molecule has 0 spiro atoms. The Labute approximate surface area is 117 Å². The van der Waals surface area contributed by atoms with E-state index in [0.717, 1.165) is 0 Å². The predicted octanol–water partition coefficient (Wildman–Crippen LogP) is 5.67. The number of hydrogen-bond acceptors (Lipinski definition) is 0. The minimum absolute atomic E-state index is 1.20. The normalized spacial score (nSPS) is 18.4. The first-order valence-electron chi connectivity index (χ1n) is 5.81. The molecule has 0 N–H and O–H groups in total. The Morgan fingerprint density at radius 1 is 0.722 bits per heavy atom. The topological polar surface area (TPSA) is 0 Å². The van der Waals surface area contributed by atoms with E-state index in [-0.39, 0.29) is 0 Å². The Hall–Kier alpha value is -1.25. The third-order valence-electron chi connectivity index (χ3n) is 3.05. The fourth-order valence-electron chi connectivity index (χ4n) is 2.19. The second-order valence-corrected chi connectivity index (χ2v) is 8.44. The number of allylic oxidation sites excluding steroid dienone is 2. The number of halogens is 1. The smallest absolute Gasteiger partial charge is 0.0449 e. The molecule has 18 heavy (non-hydrogen) atoms. The molecule has 0 saturated heterocycles. The Balaban J connectivity index is 2.24. The Morgan fingerprint density at radius 2 is 1.22 bits per heavy atom. The molecule has 1 heterocycles. The fourth-order valence-corrected chi connectivity index (χ4v) is 6.74. The molecule has 2 aromatic carbocycles. The standard InChI is InChI=1S/C16H13BrS/c17-16-12-7-13-18(16,14-8-3-1-4-9-14)15-10-5-2-6-11-15/h1-13H. The lowest BCUT2D eigenvalue weighted by Gasteiger charge is -2.35. The highest BCUT2D eigenvalue weighted by atomic mass is 79.9. The molecule has 0 unspecified atom stereocenters. The monoisotopic (exact) mass is 316 g/mol. The molecule has 2 aromatic rings. The molecular weight excluding hydrogens is 304 g/mol. The van der Waals surface area contributed by atoms with Crippen LogP contribution in [0.3, 0.4) is 0 Å². The van der Waals surface area contributed by atoms with Crippen LogP contribution in [-0.4, -0.2) is 0 Å². The zero-order valence-electron chi connectivity index (χ0n) is 9.79. The van der Waals surface area contributed by atoms with E-state index in [9.17, 15) is 0 Å². The highest BCUT2D eigenvalue weighted by molar-refractivity contribution is 9.15. The van der Waals surface area contributed by atoms with Crippen molar-refractivity contribution < 1.29 is 0 Å². The summed E-state index contributed by atoms with van der Waals surface area (Å²) < 4.78 is 1.27. The van der Waals surface area contributed by atoms with Crippen LogP contribution in [-0.2, 0) is 0 Å². The van der Waals surface area contributed by atoms with Gasteiger partial charge in [0.05, 0.1) is 0 Å². The Bertz CT molecular complexity index is 560. The van der Waals surface area contributed by atoms with Crippen LogP contribution in [0.5, 0.6) is 0 Å². The van der Waals surface area contributed by atoms with Crippen molar-refractivity contribution in [2.24, 2.45) is 0 Å². The highest BCUT2D eigenvalue weighted by Gasteiger charge is 2.31. The zero-order valence-corrected chi connectivity index (χ0v) is 12.2. The molecule has 0 aromatic heterocycles. The van der Waals surface area contributed by atoms with Crippen LogP contribution in [0, 0.1) is 0 Å². The minimum atomic E-state index is -1.20. The maximum atomic E-state index is 3.77. The minimum Gasteiger partial charge on any atom is -0.133 e. The van der Waals surface area contributed by atoms with E-state index in [1.807, 2.05) is 0 Å². The SMILES string of the molecule is BrC1=CC=CS1(c1ccccc1)c1ccccc1. The largest absolute Gasteiger partial charge is 0.133 e. The lowest BCUT2D eigenvalue weighted by Crippen LogP contribution is -1.96. The van der Waals surface area contributed by atoms with Gasteiger partial charge in [0.15, 0.2) is 0 Å². The van der Waals surface area contributed by atoms with E-state index < -0.39 is 10.0 Å². The van der Waals surface area contributed by atoms with Gasteiger partial charge >= 0.3 is 0 Å². The van der Waals surface area contributed by atoms with Crippen molar-refractivity contribution in [3.63, 3.8) is 0 Å². The molecule has 0 saturated carbocycles. The summed E-state index contributed by atoms with van der Waals surface area (Å²) in [4.78, 5) is 2.74. The molecule has 0 aliphatic carbocycles. The van der Waals surface area contributed by atoms with Gasteiger partial charge in [-0.15, -0.1) is 10.0 Å². The third-order valence-corrected chi connectivity index (χ3v) is 8.19. The molecule has 1 aliphatic rings. The van der Waals surface area contributed by atoms with Crippen molar-refractivity contribution in [3.05, 3.63) is 82.0 Å². The van der Waals surface area contributed by atoms with Gasteiger partial charge in [0, 0.05) is 13.6 Å². The quantitative estimate of drug-likeness (QED) is 0.669. The second kappa shape index (κ2) is 4.79. The summed E-state index contributed by atoms with van der Waals surface area (Å²) in [7, 11) is -1.20. The van der Waals surface area contributed by atoms with Gasteiger partial charge in [0.1, 0.15) is 0 Å². The third kappa shape index (κ3) is 1.76. The zero-order chi connectivity index (χ0) is 12.4. The summed E-state index contributed by atoms with van der Waals surface area (Å²) in [5.41, 5.74) is 0. The molecule has 0 fully saturated rings. The number of hydrogen-bond donors (Lipinski definition) is 0. The molecule has 0 nitrogen and oxygen atoms in total. The molecule has 0 bridgehead atoms. The average molecular weight is 317 g/mol. The summed E-state index contributed by atoms with van der Waals surface area (Å²) in [5.74, 6) is 0. The van der Waals surface area contributed by atoms with Crippen molar-refractivity contribution in [2.75, 3.05) is 0 Å². The highest BCUT2D eigenvalue weighted by Crippen LogP contribution is 2.72. The van der Waals surface area contributed by atoms with Crippen LogP contribution in [0.15, 0.2) is 91.8 Å². The van der Waals surface area contributed by atoms with E-state index in [0.29, 0.717) is 0 Å². The maximum absolute atomic E-state index is 3.77. The predicted molar refractivity (Wildman–Crippen MR) is 83.2 cm³/mol. The molecule has 2 heteroatoms.